The molecule has 0 saturated heterocycles. The predicted molar refractivity (Wildman–Crippen MR) is 80.5 cm³/mol. The standard InChI is InChI=1S/C14H18N4O2S/c1-18(10-11-8-16-17-9-11)21(19,20)13-4-5-14-12(7-13)3-2-6-15-14/h4-5,7-9,15H,2-3,6,10H2,1H3,(H,16,17). The van der Waals surface area contributed by atoms with Crippen molar-refractivity contribution in [3.63, 3.8) is 0 Å². The molecule has 6 nitrogen and oxygen atoms in total. The van der Waals surface area contributed by atoms with E-state index in [1.807, 2.05) is 6.07 Å². The van der Waals surface area contributed by atoms with Gasteiger partial charge in [0.1, 0.15) is 0 Å². The SMILES string of the molecule is CN(Cc1cn[nH]c1)S(=O)(=O)c1ccc2c(c1)CCCN2. The molecule has 0 radical (unpaired) electrons. The number of H-pyrrole nitrogens is 1. The second kappa shape index (κ2) is 5.50. The molecule has 2 heterocycles. The summed E-state index contributed by atoms with van der Waals surface area (Å²) in [5.41, 5.74) is 2.94. The van der Waals surface area contributed by atoms with E-state index in [0.717, 1.165) is 36.2 Å². The van der Waals surface area contributed by atoms with Crippen molar-refractivity contribution in [3.05, 3.63) is 41.7 Å². The zero-order chi connectivity index (χ0) is 14.9. The number of sulfonamides is 1. The van der Waals surface area contributed by atoms with Crippen molar-refractivity contribution in [2.75, 3.05) is 18.9 Å². The van der Waals surface area contributed by atoms with Crippen molar-refractivity contribution in [1.82, 2.24) is 14.5 Å². The van der Waals surface area contributed by atoms with Crippen molar-refractivity contribution in [2.45, 2.75) is 24.3 Å². The number of aromatic amines is 1. The van der Waals surface area contributed by atoms with Crippen LogP contribution in [0.25, 0.3) is 0 Å². The lowest BCUT2D eigenvalue weighted by molar-refractivity contribution is 0.466. The van der Waals surface area contributed by atoms with Crippen LogP contribution in [0.5, 0.6) is 0 Å². The summed E-state index contributed by atoms with van der Waals surface area (Å²) in [6, 6.07) is 5.30. The van der Waals surface area contributed by atoms with Crippen LogP contribution in [0.2, 0.25) is 0 Å². The van der Waals surface area contributed by atoms with Gasteiger partial charge in [0.25, 0.3) is 0 Å². The maximum Gasteiger partial charge on any atom is 0.243 e. The smallest absolute Gasteiger partial charge is 0.243 e. The second-order valence-electron chi connectivity index (χ2n) is 5.22. The first-order valence-corrected chi connectivity index (χ1v) is 8.32. The number of anilines is 1. The third-order valence-corrected chi connectivity index (χ3v) is 5.48. The Morgan fingerprint density at radius 1 is 1.38 bits per heavy atom. The quantitative estimate of drug-likeness (QED) is 0.899. The summed E-state index contributed by atoms with van der Waals surface area (Å²) in [5.74, 6) is 0. The summed E-state index contributed by atoms with van der Waals surface area (Å²) >= 11 is 0. The fourth-order valence-electron chi connectivity index (χ4n) is 2.50. The van der Waals surface area contributed by atoms with Crippen LogP contribution in [0, 0.1) is 0 Å². The second-order valence-corrected chi connectivity index (χ2v) is 7.26. The normalized spacial score (nSPS) is 14.8. The molecule has 112 valence electrons. The highest BCUT2D eigenvalue weighted by Gasteiger charge is 2.22. The van der Waals surface area contributed by atoms with Crippen LogP contribution in [0.1, 0.15) is 17.5 Å². The molecule has 0 fully saturated rings. The Labute approximate surface area is 124 Å². The fourth-order valence-corrected chi connectivity index (χ4v) is 3.71. The third kappa shape index (κ3) is 2.79. The fraction of sp³-hybridized carbons (Fsp3) is 0.357. The molecule has 1 aliphatic rings. The largest absolute Gasteiger partial charge is 0.385 e. The van der Waals surface area contributed by atoms with E-state index < -0.39 is 10.0 Å². The van der Waals surface area contributed by atoms with Crippen molar-refractivity contribution in [3.8, 4) is 0 Å². The van der Waals surface area contributed by atoms with Crippen molar-refractivity contribution in [1.29, 1.82) is 0 Å². The lowest BCUT2D eigenvalue weighted by Gasteiger charge is -2.21. The highest BCUT2D eigenvalue weighted by molar-refractivity contribution is 7.89. The topological polar surface area (TPSA) is 78.1 Å². The number of rotatable bonds is 4. The molecule has 1 aliphatic heterocycles. The zero-order valence-corrected chi connectivity index (χ0v) is 12.7. The van der Waals surface area contributed by atoms with Gasteiger partial charge in [-0.2, -0.15) is 9.40 Å². The van der Waals surface area contributed by atoms with Crippen LogP contribution in [-0.2, 0) is 23.0 Å². The van der Waals surface area contributed by atoms with Gasteiger partial charge in [-0.05, 0) is 36.6 Å². The van der Waals surface area contributed by atoms with E-state index in [0.29, 0.717) is 11.4 Å². The maximum absolute atomic E-state index is 12.6. The minimum Gasteiger partial charge on any atom is -0.385 e. The van der Waals surface area contributed by atoms with E-state index >= 15 is 0 Å². The van der Waals surface area contributed by atoms with Gasteiger partial charge in [0.2, 0.25) is 10.0 Å². The molecule has 0 aliphatic carbocycles. The van der Waals surface area contributed by atoms with Gasteiger partial charge in [-0.1, -0.05) is 0 Å². The van der Waals surface area contributed by atoms with Gasteiger partial charge in [-0.25, -0.2) is 8.42 Å². The van der Waals surface area contributed by atoms with Crippen LogP contribution in [0.3, 0.4) is 0 Å². The molecule has 0 amide bonds. The van der Waals surface area contributed by atoms with E-state index in [9.17, 15) is 8.42 Å². The van der Waals surface area contributed by atoms with Gasteiger partial charge in [0.15, 0.2) is 0 Å². The highest BCUT2D eigenvalue weighted by atomic mass is 32.2. The Morgan fingerprint density at radius 2 is 2.24 bits per heavy atom. The van der Waals surface area contributed by atoms with E-state index in [1.165, 1.54) is 4.31 Å². The summed E-state index contributed by atoms with van der Waals surface area (Å²) in [6.07, 6.45) is 5.27. The Bertz CT molecular complexity index is 725. The number of hydrogen-bond acceptors (Lipinski definition) is 4. The summed E-state index contributed by atoms with van der Waals surface area (Å²) in [7, 11) is -1.90. The van der Waals surface area contributed by atoms with Gasteiger partial charge in [0.05, 0.1) is 11.1 Å². The molecular formula is C14H18N4O2S. The summed E-state index contributed by atoms with van der Waals surface area (Å²) < 4.78 is 26.6. The van der Waals surface area contributed by atoms with Crippen molar-refractivity contribution in [2.24, 2.45) is 0 Å². The number of fused-ring (bicyclic) bond motifs is 1. The van der Waals surface area contributed by atoms with E-state index in [-0.39, 0.29) is 0 Å². The number of aromatic nitrogens is 2. The van der Waals surface area contributed by atoms with E-state index in [4.69, 9.17) is 0 Å². The Hall–Kier alpha value is -1.86. The van der Waals surface area contributed by atoms with Gasteiger partial charge in [-0.3, -0.25) is 5.10 Å². The van der Waals surface area contributed by atoms with Gasteiger partial charge < -0.3 is 5.32 Å². The molecular weight excluding hydrogens is 288 g/mol. The zero-order valence-electron chi connectivity index (χ0n) is 11.8. The molecule has 3 rings (SSSR count). The van der Waals surface area contributed by atoms with E-state index in [1.54, 1.807) is 31.6 Å². The Balaban J connectivity index is 1.87. The molecule has 21 heavy (non-hydrogen) atoms. The van der Waals surface area contributed by atoms with Crippen LogP contribution < -0.4 is 5.32 Å². The number of nitrogens with one attached hydrogen (secondary N) is 2. The minimum atomic E-state index is -3.48. The molecule has 0 atom stereocenters. The summed E-state index contributed by atoms with van der Waals surface area (Å²) in [6.45, 7) is 1.24. The first kappa shape index (κ1) is 14.1. The van der Waals surface area contributed by atoms with E-state index in [2.05, 4.69) is 15.5 Å². The van der Waals surface area contributed by atoms with Crippen molar-refractivity contribution >= 4 is 15.7 Å². The molecule has 0 bridgehead atoms. The average Bonchev–Trinajstić information content (AvgIpc) is 2.99. The number of hydrogen-bond donors (Lipinski definition) is 2. The molecule has 0 saturated carbocycles. The first-order chi connectivity index (χ1) is 10.1. The number of aryl methyl sites for hydroxylation is 1. The van der Waals surface area contributed by atoms with Crippen LogP contribution in [0.4, 0.5) is 5.69 Å². The number of benzene rings is 1. The lowest BCUT2D eigenvalue weighted by Crippen LogP contribution is -2.26. The predicted octanol–water partition coefficient (Wildman–Crippen LogP) is 1.59. The van der Waals surface area contributed by atoms with Gasteiger partial charge in [0, 0.05) is 37.6 Å². The summed E-state index contributed by atoms with van der Waals surface area (Å²) in [5, 5.41) is 9.81. The molecule has 1 aromatic carbocycles. The van der Waals surface area contributed by atoms with Gasteiger partial charge >= 0.3 is 0 Å². The molecule has 0 spiro atoms. The van der Waals surface area contributed by atoms with Crippen LogP contribution >= 0.6 is 0 Å². The van der Waals surface area contributed by atoms with Crippen LogP contribution in [0.15, 0.2) is 35.5 Å². The van der Waals surface area contributed by atoms with Crippen molar-refractivity contribution < 1.29 is 8.42 Å². The number of nitrogens with zero attached hydrogens (tertiary/aromatic N) is 2. The van der Waals surface area contributed by atoms with Crippen LogP contribution in [-0.4, -0.2) is 36.5 Å². The molecule has 2 aromatic rings. The minimum absolute atomic E-state index is 0.300. The molecule has 0 unspecified atom stereocenters. The average molecular weight is 306 g/mol. The Kier molecular flexibility index (Phi) is 3.69. The molecule has 1 aromatic heterocycles. The Morgan fingerprint density at radius 3 is 3.00 bits per heavy atom. The monoisotopic (exact) mass is 306 g/mol. The third-order valence-electron chi connectivity index (χ3n) is 3.68. The lowest BCUT2D eigenvalue weighted by atomic mass is 10.0. The molecule has 2 N–H and O–H groups in total. The molecule has 7 heteroatoms. The summed E-state index contributed by atoms with van der Waals surface area (Å²) in [4.78, 5) is 0.343. The maximum atomic E-state index is 12.6. The first-order valence-electron chi connectivity index (χ1n) is 6.88. The highest BCUT2D eigenvalue weighted by Crippen LogP contribution is 2.26. The van der Waals surface area contributed by atoms with Gasteiger partial charge in [-0.15, -0.1) is 0 Å².